The molecule has 1 aromatic carbocycles. The summed E-state index contributed by atoms with van der Waals surface area (Å²) in [5.41, 5.74) is 2.59. The summed E-state index contributed by atoms with van der Waals surface area (Å²) in [4.78, 5) is 30.7. The van der Waals surface area contributed by atoms with Crippen LogP contribution in [-0.2, 0) is 16.1 Å². The number of ether oxygens (including phenoxy) is 1. The summed E-state index contributed by atoms with van der Waals surface area (Å²) in [5, 5.41) is 0. The Morgan fingerprint density at radius 1 is 1.20 bits per heavy atom. The molecule has 0 bridgehead atoms. The van der Waals surface area contributed by atoms with Crippen LogP contribution in [0.5, 0.6) is 0 Å². The van der Waals surface area contributed by atoms with Crippen molar-refractivity contribution in [3.8, 4) is 0 Å². The van der Waals surface area contributed by atoms with Crippen molar-refractivity contribution in [2.45, 2.75) is 45.8 Å². The van der Waals surface area contributed by atoms with Gasteiger partial charge in [-0.25, -0.2) is 0 Å². The van der Waals surface area contributed by atoms with E-state index in [0.29, 0.717) is 12.1 Å². The molecule has 1 aliphatic heterocycles. The molecule has 5 nitrogen and oxygen atoms in total. The first-order valence-electron chi connectivity index (χ1n) is 8.35. The van der Waals surface area contributed by atoms with Crippen LogP contribution in [0.1, 0.15) is 55.2 Å². The van der Waals surface area contributed by atoms with E-state index in [-0.39, 0.29) is 17.8 Å². The second-order valence-corrected chi connectivity index (χ2v) is 7.24. The number of pyridine rings is 1. The van der Waals surface area contributed by atoms with Crippen molar-refractivity contribution in [3.63, 3.8) is 0 Å². The minimum atomic E-state index is -0.508. The predicted molar refractivity (Wildman–Crippen MR) is 95.5 cm³/mol. The maximum Gasteiger partial charge on any atom is 0.313 e. The standard InChI is InChI=1S/C20H22N2O3/c1-13(19(24)25-20(2,3)4)14-7-9-15(10-8-14)22-12-17-16(18(22)23)6-5-11-21-17/h5-11,13H,12H2,1-4H3. The van der Waals surface area contributed by atoms with Crippen LogP contribution in [0.3, 0.4) is 0 Å². The van der Waals surface area contributed by atoms with Crippen LogP contribution in [0.4, 0.5) is 5.69 Å². The first kappa shape index (κ1) is 17.1. The minimum absolute atomic E-state index is 0.0453. The highest BCUT2D eigenvalue weighted by Gasteiger charge is 2.29. The van der Waals surface area contributed by atoms with Crippen LogP contribution < -0.4 is 4.90 Å². The Morgan fingerprint density at radius 3 is 2.48 bits per heavy atom. The largest absolute Gasteiger partial charge is 0.460 e. The SMILES string of the molecule is CC(C(=O)OC(C)(C)C)c1ccc(N2Cc3ncccc3C2=O)cc1. The van der Waals surface area contributed by atoms with Crippen molar-refractivity contribution < 1.29 is 14.3 Å². The number of hydrogen-bond donors (Lipinski definition) is 0. The number of nitrogens with zero attached hydrogens (tertiary/aromatic N) is 2. The summed E-state index contributed by atoms with van der Waals surface area (Å²) in [5.74, 6) is -0.661. The molecule has 0 radical (unpaired) electrons. The fourth-order valence-corrected chi connectivity index (χ4v) is 2.80. The second kappa shape index (κ2) is 6.31. The van der Waals surface area contributed by atoms with Crippen LogP contribution in [0, 0.1) is 0 Å². The van der Waals surface area contributed by atoms with Crippen molar-refractivity contribution in [2.75, 3.05) is 4.90 Å². The summed E-state index contributed by atoms with van der Waals surface area (Å²) in [6.07, 6.45) is 1.70. The van der Waals surface area contributed by atoms with Crippen molar-refractivity contribution in [2.24, 2.45) is 0 Å². The average molecular weight is 338 g/mol. The molecular formula is C20H22N2O3. The Labute approximate surface area is 147 Å². The molecule has 1 amide bonds. The van der Waals surface area contributed by atoms with Crippen LogP contribution in [-0.4, -0.2) is 22.5 Å². The van der Waals surface area contributed by atoms with Crippen molar-refractivity contribution in [1.29, 1.82) is 0 Å². The molecule has 0 saturated carbocycles. The highest BCUT2D eigenvalue weighted by Crippen LogP contribution is 2.29. The zero-order chi connectivity index (χ0) is 18.2. The third-order valence-corrected chi connectivity index (χ3v) is 4.14. The number of rotatable bonds is 3. The molecule has 2 aromatic rings. The molecule has 1 aliphatic rings. The Kier molecular flexibility index (Phi) is 4.33. The zero-order valence-corrected chi connectivity index (χ0v) is 14.9. The van der Waals surface area contributed by atoms with Gasteiger partial charge in [-0.05, 0) is 57.5 Å². The van der Waals surface area contributed by atoms with E-state index in [2.05, 4.69) is 4.98 Å². The molecule has 130 valence electrons. The zero-order valence-electron chi connectivity index (χ0n) is 14.9. The molecule has 3 rings (SSSR count). The van der Waals surface area contributed by atoms with Gasteiger partial charge in [-0.3, -0.25) is 14.6 Å². The molecule has 1 aromatic heterocycles. The summed E-state index contributed by atoms with van der Waals surface area (Å²) >= 11 is 0. The number of benzene rings is 1. The van der Waals surface area contributed by atoms with Gasteiger partial charge in [0.05, 0.1) is 23.7 Å². The Morgan fingerprint density at radius 2 is 1.88 bits per heavy atom. The van der Waals surface area contributed by atoms with Crippen LogP contribution in [0.25, 0.3) is 0 Å². The predicted octanol–water partition coefficient (Wildman–Crippen LogP) is 3.69. The number of carbonyl (C=O) groups excluding carboxylic acids is 2. The van der Waals surface area contributed by atoms with E-state index >= 15 is 0 Å². The lowest BCUT2D eigenvalue weighted by Gasteiger charge is -2.23. The number of aromatic nitrogens is 1. The van der Waals surface area contributed by atoms with Gasteiger partial charge in [-0.15, -0.1) is 0 Å². The van der Waals surface area contributed by atoms with Crippen LogP contribution in [0.15, 0.2) is 42.6 Å². The molecule has 5 heteroatoms. The van der Waals surface area contributed by atoms with E-state index in [1.807, 2.05) is 52.0 Å². The normalized spacial score (nSPS) is 15.0. The van der Waals surface area contributed by atoms with Gasteiger partial charge in [0.15, 0.2) is 0 Å². The number of amides is 1. The van der Waals surface area contributed by atoms with Crippen molar-refractivity contribution in [1.82, 2.24) is 4.98 Å². The molecule has 1 unspecified atom stereocenters. The number of anilines is 1. The maximum atomic E-state index is 12.5. The van der Waals surface area contributed by atoms with Gasteiger partial charge in [-0.2, -0.15) is 0 Å². The first-order valence-corrected chi connectivity index (χ1v) is 8.35. The molecule has 1 atom stereocenters. The number of esters is 1. The number of carbonyl (C=O) groups is 2. The fourth-order valence-electron chi connectivity index (χ4n) is 2.80. The minimum Gasteiger partial charge on any atom is -0.460 e. The van der Waals surface area contributed by atoms with Gasteiger partial charge in [0.25, 0.3) is 5.91 Å². The molecule has 0 spiro atoms. The lowest BCUT2D eigenvalue weighted by Crippen LogP contribution is -2.27. The Balaban J connectivity index is 1.75. The molecular weight excluding hydrogens is 316 g/mol. The third kappa shape index (κ3) is 3.55. The highest BCUT2D eigenvalue weighted by atomic mass is 16.6. The highest BCUT2D eigenvalue weighted by molar-refractivity contribution is 6.09. The van der Waals surface area contributed by atoms with Crippen LogP contribution >= 0.6 is 0 Å². The smallest absolute Gasteiger partial charge is 0.313 e. The fraction of sp³-hybridized carbons (Fsp3) is 0.350. The first-order chi connectivity index (χ1) is 11.8. The molecule has 0 N–H and O–H groups in total. The van der Waals surface area contributed by atoms with Gasteiger partial charge in [0, 0.05) is 11.9 Å². The lowest BCUT2D eigenvalue weighted by atomic mass is 10.0. The molecule has 0 saturated heterocycles. The quantitative estimate of drug-likeness (QED) is 0.801. The van der Waals surface area contributed by atoms with E-state index < -0.39 is 5.60 Å². The summed E-state index contributed by atoms with van der Waals surface area (Å²) in [6.45, 7) is 7.85. The number of fused-ring (bicyclic) bond motifs is 1. The molecule has 0 aliphatic carbocycles. The Bertz CT molecular complexity index is 806. The van der Waals surface area contributed by atoms with E-state index in [1.54, 1.807) is 23.2 Å². The van der Waals surface area contributed by atoms with E-state index in [0.717, 1.165) is 16.9 Å². The van der Waals surface area contributed by atoms with Gasteiger partial charge < -0.3 is 9.64 Å². The third-order valence-electron chi connectivity index (χ3n) is 4.14. The second-order valence-electron chi connectivity index (χ2n) is 7.24. The van der Waals surface area contributed by atoms with Gasteiger partial charge in [0.1, 0.15) is 5.60 Å². The van der Waals surface area contributed by atoms with E-state index in [1.165, 1.54) is 0 Å². The van der Waals surface area contributed by atoms with Crippen molar-refractivity contribution in [3.05, 3.63) is 59.4 Å². The van der Waals surface area contributed by atoms with Gasteiger partial charge in [0.2, 0.25) is 0 Å². The summed E-state index contributed by atoms with van der Waals surface area (Å²) in [6, 6.07) is 11.0. The molecule has 25 heavy (non-hydrogen) atoms. The summed E-state index contributed by atoms with van der Waals surface area (Å²) in [7, 11) is 0. The van der Waals surface area contributed by atoms with Gasteiger partial charge >= 0.3 is 5.97 Å². The van der Waals surface area contributed by atoms with Crippen LogP contribution in [0.2, 0.25) is 0 Å². The average Bonchev–Trinajstić information content (AvgIpc) is 2.90. The van der Waals surface area contributed by atoms with E-state index in [4.69, 9.17) is 4.74 Å². The topological polar surface area (TPSA) is 59.5 Å². The van der Waals surface area contributed by atoms with Gasteiger partial charge in [-0.1, -0.05) is 12.1 Å². The monoisotopic (exact) mass is 338 g/mol. The summed E-state index contributed by atoms with van der Waals surface area (Å²) < 4.78 is 5.43. The molecule has 0 fully saturated rings. The maximum absolute atomic E-state index is 12.5. The molecule has 2 heterocycles. The van der Waals surface area contributed by atoms with Crippen molar-refractivity contribution >= 4 is 17.6 Å². The lowest BCUT2D eigenvalue weighted by molar-refractivity contribution is -0.156. The Hall–Kier alpha value is -2.69. The number of hydrogen-bond acceptors (Lipinski definition) is 4. The van der Waals surface area contributed by atoms with E-state index in [9.17, 15) is 9.59 Å².